The van der Waals surface area contributed by atoms with Crippen LogP contribution in [0.15, 0.2) is 88.7 Å². The van der Waals surface area contributed by atoms with Crippen molar-refractivity contribution in [2.24, 2.45) is 0 Å². The van der Waals surface area contributed by atoms with E-state index in [2.05, 4.69) is 0 Å². The summed E-state index contributed by atoms with van der Waals surface area (Å²) in [5.74, 6) is 0.0870. The van der Waals surface area contributed by atoms with Crippen molar-refractivity contribution < 1.29 is 19.4 Å². The van der Waals surface area contributed by atoms with Crippen LogP contribution in [0.2, 0.25) is 0 Å². The minimum absolute atomic E-state index is 0.266. The van der Waals surface area contributed by atoms with Gasteiger partial charge in [0.05, 0.1) is 7.11 Å². The van der Waals surface area contributed by atoms with E-state index in [9.17, 15) is 9.90 Å². The van der Waals surface area contributed by atoms with E-state index in [1.807, 2.05) is 54.6 Å². The number of ether oxygens (including phenoxy) is 2. The molecule has 138 valence electrons. The Labute approximate surface area is 162 Å². The fraction of sp³-hybridized carbons (Fsp3) is 0.136. The van der Waals surface area contributed by atoms with Crippen LogP contribution in [0.5, 0.6) is 11.5 Å². The van der Waals surface area contributed by atoms with Crippen molar-refractivity contribution >= 4 is 17.7 Å². The Morgan fingerprint density at radius 1 is 0.963 bits per heavy atom. The molecule has 0 amide bonds. The molecule has 0 saturated heterocycles. The zero-order chi connectivity index (χ0) is 19.1. The number of hydrogen-bond donors (Lipinski definition) is 1. The third kappa shape index (κ3) is 5.28. The summed E-state index contributed by atoms with van der Waals surface area (Å²) >= 11 is 1.61. The molecule has 4 nitrogen and oxygen atoms in total. The minimum atomic E-state index is -1.00. The van der Waals surface area contributed by atoms with E-state index < -0.39 is 12.1 Å². The highest BCUT2D eigenvalue weighted by Crippen LogP contribution is 2.31. The van der Waals surface area contributed by atoms with E-state index in [1.165, 1.54) is 0 Å². The Balaban J connectivity index is 1.79. The maximum Gasteiger partial charge on any atom is 0.345 e. The molecule has 0 radical (unpaired) electrons. The molecule has 0 heterocycles. The lowest BCUT2D eigenvalue weighted by atomic mass is 10.1. The van der Waals surface area contributed by atoms with E-state index in [-0.39, 0.29) is 6.42 Å². The van der Waals surface area contributed by atoms with Crippen molar-refractivity contribution in [3.8, 4) is 11.5 Å². The summed E-state index contributed by atoms with van der Waals surface area (Å²) in [6.07, 6.45) is -0.725. The molecule has 0 spiro atoms. The van der Waals surface area contributed by atoms with Crippen LogP contribution in [0.1, 0.15) is 5.56 Å². The molecule has 3 aromatic rings. The van der Waals surface area contributed by atoms with Gasteiger partial charge in [0, 0.05) is 22.3 Å². The summed E-state index contributed by atoms with van der Waals surface area (Å²) in [5, 5.41) is 9.64. The molecule has 27 heavy (non-hydrogen) atoms. The van der Waals surface area contributed by atoms with Crippen LogP contribution in [-0.2, 0) is 11.2 Å². The number of methoxy groups -OCH3 is 1. The van der Waals surface area contributed by atoms with Gasteiger partial charge in [0.2, 0.25) is 0 Å². The number of carboxylic acids is 1. The second-order valence-electron chi connectivity index (χ2n) is 5.85. The highest BCUT2D eigenvalue weighted by atomic mass is 32.2. The third-order valence-corrected chi connectivity index (χ3v) is 5.07. The zero-order valence-electron chi connectivity index (χ0n) is 14.9. The first kappa shape index (κ1) is 18.9. The zero-order valence-corrected chi connectivity index (χ0v) is 15.7. The molecule has 3 rings (SSSR count). The number of hydrogen-bond acceptors (Lipinski definition) is 4. The normalized spacial score (nSPS) is 11.6. The topological polar surface area (TPSA) is 55.8 Å². The number of rotatable bonds is 8. The lowest BCUT2D eigenvalue weighted by Crippen LogP contribution is -2.29. The van der Waals surface area contributed by atoms with Gasteiger partial charge in [-0.1, -0.05) is 54.2 Å². The molecule has 0 saturated carbocycles. The molecule has 5 heteroatoms. The van der Waals surface area contributed by atoms with Crippen LogP contribution in [0, 0.1) is 0 Å². The molecule has 0 bridgehead atoms. The van der Waals surface area contributed by atoms with Gasteiger partial charge in [0.25, 0.3) is 0 Å². The average molecular weight is 380 g/mol. The number of carboxylic acid groups (broad SMARTS) is 1. The Kier molecular flexibility index (Phi) is 6.39. The fourth-order valence-electron chi connectivity index (χ4n) is 2.61. The second-order valence-corrected chi connectivity index (χ2v) is 6.97. The predicted molar refractivity (Wildman–Crippen MR) is 106 cm³/mol. The molecule has 0 aliphatic rings. The third-order valence-electron chi connectivity index (χ3n) is 3.94. The summed E-state index contributed by atoms with van der Waals surface area (Å²) < 4.78 is 10.9. The van der Waals surface area contributed by atoms with Crippen LogP contribution < -0.4 is 9.47 Å². The second kappa shape index (κ2) is 9.14. The first-order valence-corrected chi connectivity index (χ1v) is 9.31. The van der Waals surface area contributed by atoms with Gasteiger partial charge in [-0.3, -0.25) is 0 Å². The molecular formula is C22H20O4S. The van der Waals surface area contributed by atoms with Gasteiger partial charge in [0.1, 0.15) is 11.5 Å². The van der Waals surface area contributed by atoms with E-state index in [1.54, 1.807) is 43.1 Å². The van der Waals surface area contributed by atoms with Crippen molar-refractivity contribution in [2.45, 2.75) is 22.3 Å². The molecule has 1 atom stereocenters. The van der Waals surface area contributed by atoms with E-state index in [0.717, 1.165) is 15.4 Å². The van der Waals surface area contributed by atoms with Gasteiger partial charge < -0.3 is 14.6 Å². The molecule has 0 unspecified atom stereocenters. The van der Waals surface area contributed by atoms with Crippen LogP contribution in [-0.4, -0.2) is 24.3 Å². The average Bonchev–Trinajstić information content (AvgIpc) is 2.70. The van der Waals surface area contributed by atoms with Crippen LogP contribution >= 0.6 is 11.8 Å². The number of carbonyl (C=O) groups is 1. The SMILES string of the molecule is COc1cccc(O[C@H](Cc2ccccc2Sc2ccccc2)C(=O)O)c1. The van der Waals surface area contributed by atoms with Gasteiger partial charge in [-0.15, -0.1) is 0 Å². The Hall–Kier alpha value is -2.92. The first-order valence-electron chi connectivity index (χ1n) is 8.50. The molecule has 0 aromatic heterocycles. The molecule has 0 fully saturated rings. The number of benzene rings is 3. The van der Waals surface area contributed by atoms with E-state index in [0.29, 0.717) is 11.5 Å². The van der Waals surface area contributed by atoms with Crippen LogP contribution in [0.3, 0.4) is 0 Å². The standard InChI is InChI=1S/C22H20O4S/c1-25-17-9-7-10-18(15-17)26-20(22(23)24)14-16-8-5-6-13-21(16)27-19-11-3-2-4-12-19/h2-13,15,20H,14H2,1H3,(H,23,24)/t20-/m1/s1. The molecule has 1 N–H and O–H groups in total. The largest absolute Gasteiger partial charge is 0.497 e. The Morgan fingerprint density at radius 2 is 1.67 bits per heavy atom. The van der Waals surface area contributed by atoms with Crippen molar-refractivity contribution in [1.82, 2.24) is 0 Å². The van der Waals surface area contributed by atoms with Crippen molar-refractivity contribution in [3.05, 3.63) is 84.4 Å². The summed E-state index contributed by atoms with van der Waals surface area (Å²) in [6.45, 7) is 0. The maximum atomic E-state index is 11.8. The van der Waals surface area contributed by atoms with Gasteiger partial charge >= 0.3 is 5.97 Å². The van der Waals surface area contributed by atoms with Crippen LogP contribution in [0.4, 0.5) is 0 Å². The molecule has 0 aliphatic heterocycles. The quantitative estimate of drug-likeness (QED) is 0.601. The summed E-state index contributed by atoms with van der Waals surface area (Å²) in [7, 11) is 1.56. The molecule has 3 aromatic carbocycles. The lowest BCUT2D eigenvalue weighted by Gasteiger charge is -2.17. The molecule has 0 aliphatic carbocycles. The Bertz CT molecular complexity index is 896. The van der Waals surface area contributed by atoms with Crippen molar-refractivity contribution in [1.29, 1.82) is 0 Å². The monoisotopic (exact) mass is 380 g/mol. The fourth-order valence-corrected chi connectivity index (χ4v) is 3.58. The summed E-state index contributed by atoms with van der Waals surface area (Å²) in [4.78, 5) is 13.9. The summed E-state index contributed by atoms with van der Waals surface area (Å²) in [5.41, 5.74) is 0.932. The molecular weight excluding hydrogens is 360 g/mol. The first-order chi connectivity index (χ1) is 13.2. The maximum absolute atomic E-state index is 11.8. The number of aliphatic carboxylic acids is 1. The van der Waals surface area contributed by atoms with E-state index in [4.69, 9.17) is 9.47 Å². The van der Waals surface area contributed by atoms with E-state index >= 15 is 0 Å². The van der Waals surface area contributed by atoms with Gasteiger partial charge in [-0.2, -0.15) is 0 Å². The van der Waals surface area contributed by atoms with Crippen molar-refractivity contribution in [2.75, 3.05) is 7.11 Å². The summed E-state index contributed by atoms with van der Waals surface area (Å²) in [6, 6.07) is 24.8. The smallest absolute Gasteiger partial charge is 0.345 e. The minimum Gasteiger partial charge on any atom is -0.497 e. The highest BCUT2D eigenvalue weighted by molar-refractivity contribution is 7.99. The van der Waals surface area contributed by atoms with Gasteiger partial charge in [0.15, 0.2) is 6.10 Å². The van der Waals surface area contributed by atoms with Crippen molar-refractivity contribution in [3.63, 3.8) is 0 Å². The lowest BCUT2D eigenvalue weighted by molar-refractivity contribution is -0.145. The predicted octanol–water partition coefficient (Wildman–Crippen LogP) is 4.92. The van der Waals surface area contributed by atoms with Gasteiger partial charge in [-0.05, 0) is 35.9 Å². The highest BCUT2D eigenvalue weighted by Gasteiger charge is 2.22. The van der Waals surface area contributed by atoms with Crippen LogP contribution in [0.25, 0.3) is 0 Å². The van der Waals surface area contributed by atoms with Gasteiger partial charge in [-0.25, -0.2) is 4.79 Å². The Morgan fingerprint density at radius 3 is 2.41 bits per heavy atom.